The number of halogens is 1. The highest BCUT2D eigenvalue weighted by atomic mass is 79.9. The summed E-state index contributed by atoms with van der Waals surface area (Å²) in [4.78, 5) is 12.0. The molecule has 0 fully saturated rings. The summed E-state index contributed by atoms with van der Waals surface area (Å²) in [5, 5.41) is 3.94. The third-order valence-corrected chi connectivity index (χ3v) is 3.66. The second-order valence-electron chi connectivity index (χ2n) is 5.12. The molecule has 130 valence electrons. The predicted octanol–water partition coefficient (Wildman–Crippen LogP) is 3.93. The van der Waals surface area contributed by atoms with Crippen molar-refractivity contribution in [1.29, 1.82) is 0 Å². The molecule has 1 N–H and O–H groups in total. The van der Waals surface area contributed by atoms with Gasteiger partial charge in [0, 0.05) is 4.47 Å². The Morgan fingerprint density at radius 2 is 1.84 bits per heavy atom. The van der Waals surface area contributed by atoms with Crippen molar-refractivity contribution in [1.82, 2.24) is 5.43 Å². The van der Waals surface area contributed by atoms with E-state index in [0.29, 0.717) is 12.4 Å². The summed E-state index contributed by atoms with van der Waals surface area (Å²) in [6, 6.07) is 14.6. The summed E-state index contributed by atoms with van der Waals surface area (Å²) in [5.74, 6) is 1.03. The molecular formula is C19H19BrN2O3. The number of amides is 1. The Morgan fingerprint density at radius 1 is 1.20 bits per heavy atom. The van der Waals surface area contributed by atoms with Crippen LogP contribution in [0, 0.1) is 0 Å². The van der Waals surface area contributed by atoms with E-state index < -0.39 is 6.10 Å². The van der Waals surface area contributed by atoms with Gasteiger partial charge in [-0.1, -0.05) is 28.6 Å². The third kappa shape index (κ3) is 6.43. The topological polar surface area (TPSA) is 59.9 Å². The summed E-state index contributed by atoms with van der Waals surface area (Å²) in [6.45, 7) is 5.72. The van der Waals surface area contributed by atoms with Crippen molar-refractivity contribution in [2.24, 2.45) is 5.10 Å². The second-order valence-corrected chi connectivity index (χ2v) is 6.03. The number of hydrazone groups is 1. The van der Waals surface area contributed by atoms with Gasteiger partial charge in [-0.15, -0.1) is 0 Å². The van der Waals surface area contributed by atoms with Gasteiger partial charge in [0.25, 0.3) is 5.91 Å². The Morgan fingerprint density at radius 3 is 2.48 bits per heavy atom. The van der Waals surface area contributed by atoms with Crippen LogP contribution in [0.2, 0.25) is 0 Å². The molecule has 0 aliphatic rings. The largest absolute Gasteiger partial charge is 0.490 e. The molecule has 0 spiro atoms. The van der Waals surface area contributed by atoms with Crippen molar-refractivity contribution in [2.75, 3.05) is 6.61 Å². The van der Waals surface area contributed by atoms with E-state index in [2.05, 4.69) is 33.0 Å². The molecule has 0 saturated heterocycles. The number of nitrogens with zero attached hydrogens (tertiary/aromatic N) is 1. The summed E-state index contributed by atoms with van der Waals surface area (Å²) in [7, 11) is 0. The average Bonchev–Trinajstić information content (AvgIpc) is 2.62. The highest BCUT2D eigenvalue weighted by Crippen LogP contribution is 2.17. The van der Waals surface area contributed by atoms with E-state index >= 15 is 0 Å². The van der Waals surface area contributed by atoms with E-state index in [1.807, 2.05) is 36.4 Å². The zero-order chi connectivity index (χ0) is 18.1. The number of benzene rings is 2. The van der Waals surface area contributed by atoms with Crippen LogP contribution in [0.25, 0.3) is 0 Å². The molecule has 25 heavy (non-hydrogen) atoms. The monoisotopic (exact) mass is 402 g/mol. The Hall–Kier alpha value is -2.60. The molecular weight excluding hydrogens is 384 g/mol. The fraction of sp³-hybridized carbons (Fsp3) is 0.158. The van der Waals surface area contributed by atoms with Crippen molar-refractivity contribution >= 4 is 28.1 Å². The first-order valence-electron chi connectivity index (χ1n) is 7.67. The van der Waals surface area contributed by atoms with Gasteiger partial charge < -0.3 is 9.47 Å². The quantitative estimate of drug-likeness (QED) is 0.413. The minimum atomic E-state index is -0.659. The molecule has 1 atom stereocenters. The average molecular weight is 403 g/mol. The maximum absolute atomic E-state index is 12.0. The summed E-state index contributed by atoms with van der Waals surface area (Å²) in [6.07, 6.45) is 2.58. The van der Waals surface area contributed by atoms with Crippen LogP contribution in [0.5, 0.6) is 11.5 Å². The highest BCUT2D eigenvalue weighted by Gasteiger charge is 2.13. The third-order valence-electron chi connectivity index (χ3n) is 3.13. The summed E-state index contributed by atoms with van der Waals surface area (Å²) in [5.41, 5.74) is 3.30. The number of rotatable bonds is 8. The number of ether oxygens (including phenoxy) is 2. The number of carbonyl (C=O) groups excluding carboxylic acids is 1. The van der Waals surface area contributed by atoms with E-state index in [9.17, 15) is 4.79 Å². The van der Waals surface area contributed by atoms with Crippen molar-refractivity contribution in [3.05, 3.63) is 71.2 Å². The minimum absolute atomic E-state index is 0.329. The Kier molecular flexibility index (Phi) is 7.22. The molecule has 1 amide bonds. The molecule has 2 aromatic carbocycles. The molecule has 5 nitrogen and oxygen atoms in total. The lowest BCUT2D eigenvalue weighted by Gasteiger charge is -2.12. The van der Waals surface area contributed by atoms with Gasteiger partial charge in [0.05, 0.1) is 6.21 Å². The minimum Gasteiger partial charge on any atom is -0.490 e. The second kappa shape index (κ2) is 9.64. The molecule has 0 aliphatic heterocycles. The Balaban J connectivity index is 1.82. The van der Waals surface area contributed by atoms with E-state index in [1.165, 1.54) is 0 Å². The molecule has 0 heterocycles. The van der Waals surface area contributed by atoms with E-state index in [1.54, 1.807) is 31.3 Å². The number of hydrogen-bond acceptors (Lipinski definition) is 4. The molecule has 1 unspecified atom stereocenters. The van der Waals surface area contributed by atoms with Crippen molar-refractivity contribution in [3.63, 3.8) is 0 Å². The highest BCUT2D eigenvalue weighted by molar-refractivity contribution is 9.10. The first kappa shape index (κ1) is 18.7. The van der Waals surface area contributed by atoms with Crippen LogP contribution >= 0.6 is 15.9 Å². The lowest BCUT2D eigenvalue weighted by Crippen LogP contribution is -2.33. The van der Waals surface area contributed by atoms with Crippen molar-refractivity contribution in [3.8, 4) is 11.5 Å². The van der Waals surface area contributed by atoms with Crippen molar-refractivity contribution < 1.29 is 14.3 Å². The maximum atomic E-state index is 12.0. The van der Waals surface area contributed by atoms with Crippen LogP contribution in [0.15, 0.2) is 70.8 Å². The molecule has 2 rings (SSSR count). The van der Waals surface area contributed by atoms with Crippen molar-refractivity contribution in [2.45, 2.75) is 13.0 Å². The first-order valence-corrected chi connectivity index (χ1v) is 8.46. The van der Waals surface area contributed by atoms with Gasteiger partial charge in [-0.25, -0.2) is 5.43 Å². The van der Waals surface area contributed by atoms with E-state index in [4.69, 9.17) is 9.47 Å². The van der Waals surface area contributed by atoms with Crippen LogP contribution in [0.3, 0.4) is 0 Å². The van der Waals surface area contributed by atoms with Gasteiger partial charge in [0.15, 0.2) is 6.10 Å². The summed E-state index contributed by atoms with van der Waals surface area (Å²) >= 11 is 3.35. The normalized spacial score (nSPS) is 11.8. The summed E-state index contributed by atoms with van der Waals surface area (Å²) < 4.78 is 11.9. The Bertz CT molecular complexity index is 727. The van der Waals surface area contributed by atoms with E-state index in [0.717, 1.165) is 15.8 Å². The van der Waals surface area contributed by atoms with Crippen LogP contribution in [0.1, 0.15) is 12.5 Å². The van der Waals surface area contributed by atoms with Gasteiger partial charge in [0.2, 0.25) is 0 Å². The van der Waals surface area contributed by atoms with Crippen LogP contribution in [0.4, 0.5) is 0 Å². The Labute approximate surface area is 155 Å². The van der Waals surface area contributed by atoms with Gasteiger partial charge in [0.1, 0.15) is 18.1 Å². The van der Waals surface area contributed by atoms with Crippen LogP contribution in [-0.2, 0) is 4.79 Å². The zero-order valence-electron chi connectivity index (χ0n) is 13.8. The van der Waals surface area contributed by atoms with Crippen LogP contribution in [-0.4, -0.2) is 24.8 Å². The number of nitrogens with one attached hydrogen (secondary N) is 1. The van der Waals surface area contributed by atoms with Gasteiger partial charge >= 0.3 is 0 Å². The number of hydrogen-bond donors (Lipinski definition) is 1. The molecule has 0 bridgehead atoms. The van der Waals surface area contributed by atoms with Gasteiger partial charge in [-0.3, -0.25) is 4.79 Å². The molecule has 6 heteroatoms. The lowest BCUT2D eigenvalue weighted by atomic mass is 10.2. The SMILES string of the molecule is C=CCOc1ccc(/C=N/NC(=O)C(C)Oc2ccc(Br)cc2)cc1. The van der Waals surface area contributed by atoms with Crippen LogP contribution < -0.4 is 14.9 Å². The molecule has 2 aromatic rings. The number of carbonyl (C=O) groups is 1. The standard InChI is InChI=1S/C19H19BrN2O3/c1-3-12-24-17-8-4-15(5-9-17)13-21-22-19(23)14(2)25-18-10-6-16(20)7-11-18/h3-11,13-14H,1,12H2,2H3,(H,22,23)/b21-13+. The molecule has 0 radical (unpaired) electrons. The molecule has 0 aliphatic carbocycles. The van der Waals surface area contributed by atoms with Gasteiger partial charge in [-0.2, -0.15) is 5.10 Å². The lowest BCUT2D eigenvalue weighted by molar-refractivity contribution is -0.127. The fourth-order valence-corrected chi connectivity index (χ4v) is 2.10. The van der Waals surface area contributed by atoms with E-state index in [-0.39, 0.29) is 5.91 Å². The predicted molar refractivity (Wildman–Crippen MR) is 102 cm³/mol. The van der Waals surface area contributed by atoms with Gasteiger partial charge in [-0.05, 0) is 61.0 Å². The smallest absolute Gasteiger partial charge is 0.280 e. The fourth-order valence-electron chi connectivity index (χ4n) is 1.84. The molecule has 0 saturated carbocycles. The maximum Gasteiger partial charge on any atom is 0.280 e. The first-order chi connectivity index (χ1) is 12.1. The zero-order valence-corrected chi connectivity index (χ0v) is 15.4. The molecule has 0 aromatic heterocycles.